The van der Waals surface area contributed by atoms with E-state index in [1.165, 1.54) is 18.4 Å². The SMILES string of the molecule is Cc1ccc(C(C)C)cc1C(C(=O)O)C1CCCC1. The average Bonchev–Trinajstić information content (AvgIpc) is 2.84. The fourth-order valence-corrected chi connectivity index (χ4v) is 3.23. The topological polar surface area (TPSA) is 37.3 Å². The first-order valence-corrected chi connectivity index (χ1v) is 7.34. The Kier molecular flexibility index (Phi) is 4.28. The van der Waals surface area contributed by atoms with E-state index < -0.39 is 5.97 Å². The van der Waals surface area contributed by atoms with E-state index in [4.69, 9.17) is 0 Å². The summed E-state index contributed by atoms with van der Waals surface area (Å²) in [5, 5.41) is 9.64. The van der Waals surface area contributed by atoms with Gasteiger partial charge < -0.3 is 5.11 Å². The van der Waals surface area contributed by atoms with Gasteiger partial charge in [-0.3, -0.25) is 4.79 Å². The van der Waals surface area contributed by atoms with Crippen LogP contribution in [0.3, 0.4) is 0 Å². The molecule has 1 aromatic rings. The van der Waals surface area contributed by atoms with E-state index in [-0.39, 0.29) is 5.92 Å². The second-order valence-corrected chi connectivity index (χ2v) is 6.13. The zero-order chi connectivity index (χ0) is 14.0. The summed E-state index contributed by atoms with van der Waals surface area (Å²) < 4.78 is 0. The molecule has 0 radical (unpaired) electrons. The fourth-order valence-electron chi connectivity index (χ4n) is 3.23. The second kappa shape index (κ2) is 5.77. The number of hydrogen-bond acceptors (Lipinski definition) is 1. The molecule has 1 saturated carbocycles. The predicted octanol–water partition coefficient (Wildman–Crippen LogP) is 4.48. The number of carbonyl (C=O) groups is 1. The van der Waals surface area contributed by atoms with Gasteiger partial charge in [0.25, 0.3) is 0 Å². The van der Waals surface area contributed by atoms with Crippen LogP contribution >= 0.6 is 0 Å². The van der Waals surface area contributed by atoms with Crippen LogP contribution in [0.2, 0.25) is 0 Å². The first-order valence-electron chi connectivity index (χ1n) is 7.34. The number of carboxylic acid groups (broad SMARTS) is 1. The summed E-state index contributed by atoms with van der Waals surface area (Å²) in [6, 6.07) is 6.32. The van der Waals surface area contributed by atoms with Gasteiger partial charge in [-0.1, -0.05) is 44.9 Å². The highest BCUT2D eigenvalue weighted by atomic mass is 16.4. The molecule has 0 bridgehead atoms. The van der Waals surface area contributed by atoms with Gasteiger partial charge in [-0.2, -0.15) is 0 Å². The largest absolute Gasteiger partial charge is 0.481 e. The van der Waals surface area contributed by atoms with Crippen molar-refractivity contribution in [2.45, 2.75) is 58.3 Å². The van der Waals surface area contributed by atoms with E-state index in [1.807, 2.05) is 6.92 Å². The van der Waals surface area contributed by atoms with Crippen LogP contribution in [0.1, 0.15) is 68.1 Å². The van der Waals surface area contributed by atoms with E-state index >= 15 is 0 Å². The van der Waals surface area contributed by atoms with E-state index in [2.05, 4.69) is 32.0 Å². The Bertz CT molecular complexity index is 456. The van der Waals surface area contributed by atoms with Gasteiger partial charge in [-0.05, 0) is 48.3 Å². The van der Waals surface area contributed by atoms with Crippen molar-refractivity contribution in [2.75, 3.05) is 0 Å². The molecule has 0 aromatic heterocycles. The number of aryl methyl sites for hydroxylation is 1. The van der Waals surface area contributed by atoms with Crippen molar-refractivity contribution < 1.29 is 9.90 Å². The maximum Gasteiger partial charge on any atom is 0.311 e. The standard InChI is InChI=1S/C17H24O2/c1-11(2)14-9-8-12(3)15(10-14)16(17(18)19)13-6-4-5-7-13/h8-11,13,16H,4-7H2,1-3H3,(H,18,19). The molecular formula is C17H24O2. The average molecular weight is 260 g/mol. The van der Waals surface area contributed by atoms with Gasteiger partial charge in [0.2, 0.25) is 0 Å². The molecule has 0 saturated heterocycles. The molecule has 2 rings (SSSR count). The minimum atomic E-state index is -0.657. The third-order valence-electron chi connectivity index (χ3n) is 4.44. The summed E-state index contributed by atoms with van der Waals surface area (Å²) in [4.78, 5) is 11.7. The number of aliphatic carboxylic acids is 1. The number of hydrogen-bond donors (Lipinski definition) is 1. The Balaban J connectivity index is 2.40. The first-order chi connectivity index (χ1) is 9.00. The van der Waals surface area contributed by atoms with E-state index in [9.17, 15) is 9.90 Å². The molecule has 104 valence electrons. The van der Waals surface area contributed by atoms with Gasteiger partial charge in [0.1, 0.15) is 0 Å². The van der Waals surface area contributed by atoms with Crippen LogP contribution < -0.4 is 0 Å². The Morgan fingerprint density at radius 3 is 2.42 bits per heavy atom. The molecule has 0 aliphatic heterocycles. The molecule has 0 spiro atoms. The Labute approximate surface area is 115 Å². The van der Waals surface area contributed by atoms with Crippen LogP contribution in [0.4, 0.5) is 0 Å². The predicted molar refractivity (Wildman–Crippen MR) is 77.6 cm³/mol. The fraction of sp³-hybridized carbons (Fsp3) is 0.588. The highest BCUT2D eigenvalue weighted by molar-refractivity contribution is 5.77. The van der Waals surface area contributed by atoms with Crippen molar-refractivity contribution in [1.82, 2.24) is 0 Å². The molecule has 2 heteroatoms. The van der Waals surface area contributed by atoms with E-state index in [0.29, 0.717) is 11.8 Å². The molecule has 19 heavy (non-hydrogen) atoms. The molecule has 1 unspecified atom stereocenters. The van der Waals surface area contributed by atoms with Crippen molar-refractivity contribution in [3.05, 3.63) is 34.9 Å². The smallest absolute Gasteiger partial charge is 0.311 e. The Morgan fingerprint density at radius 1 is 1.26 bits per heavy atom. The third kappa shape index (κ3) is 2.99. The van der Waals surface area contributed by atoms with Crippen molar-refractivity contribution in [3.8, 4) is 0 Å². The molecular weight excluding hydrogens is 236 g/mol. The van der Waals surface area contributed by atoms with Crippen LogP contribution in [0.25, 0.3) is 0 Å². The molecule has 1 aromatic carbocycles. The van der Waals surface area contributed by atoms with Crippen LogP contribution in [0.15, 0.2) is 18.2 Å². The van der Waals surface area contributed by atoms with Crippen molar-refractivity contribution >= 4 is 5.97 Å². The number of benzene rings is 1. The number of carboxylic acids is 1. The lowest BCUT2D eigenvalue weighted by Crippen LogP contribution is -2.20. The lowest BCUT2D eigenvalue weighted by molar-refractivity contribution is -0.140. The molecule has 1 N–H and O–H groups in total. The molecule has 2 nitrogen and oxygen atoms in total. The summed E-state index contributed by atoms with van der Waals surface area (Å²) in [5.74, 6) is -0.215. The third-order valence-corrected chi connectivity index (χ3v) is 4.44. The highest BCUT2D eigenvalue weighted by Gasteiger charge is 2.32. The van der Waals surface area contributed by atoms with Crippen LogP contribution in [-0.4, -0.2) is 11.1 Å². The monoisotopic (exact) mass is 260 g/mol. The molecule has 0 heterocycles. The highest BCUT2D eigenvalue weighted by Crippen LogP contribution is 2.39. The van der Waals surface area contributed by atoms with Gasteiger partial charge in [0, 0.05) is 0 Å². The van der Waals surface area contributed by atoms with Gasteiger partial charge >= 0.3 is 5.97 Å². The van der Waals surface area contributed by atoms with E-state index in [0.717, 1.165) is 24.0 Å². The lowest BCUT2D eigenvalue weighted by atomic mass is 9.81. The zero-order valence-electron chi connectivity index (χ0n) is 12.1. The summed E-state index contributed by atoms with van der Waals surface area (Å²) in [6.45, 7) is 6.34. The Hall–Kier alpha value is -1.31. The molecule has 0 amide bonds. The maximum absolute atomic E-state index is 11.7. The minimum absolute atomic E-state index is 0.318. The van der Waals surface area contributed by atoms with Crippen molar-refractivity contribution in [2.24, 2.45) is 5.92 Å². The van der Waals surface area contributed by atoms with Gasteiger partial charge in [-0.15, -0.1) is 0 Å². The number of rotatable bonds is 4. The van der Waals surface area contributed by atoms with Crippen molar-refractivity contribution in [1.29, 1.82) is 0 Å². The summed E-state index contributed by atoms with van der Waals surface area (Å²) in [6.07, 6.45) is 4.47. The van der Waals surface area contributed by atoms with Gasteiger partial charge in [-0.25, -0.2) is 0 Å². The lowest BCUT2D eigenvalue weighted by Gasteiger charge is -2.22. The quantitative estimate of drug-likeness (QED) is 0.866. The Morgan fingerprint density at radius 2 is 1.89 bits per heavy atom. The van der Waals surface area contributed by atoms with Gasteiger partial charge in [0.05, 0.1) is 5.92 Å². The molecule has 1 aliphatic carbocycles. The zero-order valence-corrected chi connectivity index (χ0v) is 12.1. The van der Waals surface area contributed by atoms with Crippen LogP contribution in [0.5, 0.6) is 0 Å². The summed E-state index contributed by atoms with van der Waals surface area (Å²) >= 11 is 0. The van der Waals surface area contributed by atoms with Crippen molar-refractivity contribution in [3.63, 3.8) is 0 Å². The van der Waals surface area contributed by atoms with Crippen LogP contribution in [-0.2, 0) is 4.79 Å². The van der Waals surface area contributed by atoms with Gasteiger partial charge in [0.15, 0.2) is 0 Å². The minimum Gasteiger partial charge on any atom is -0.481 e. The molecule has 1 atom stereocenters. The molecule has 1 fully saturated rings. The molecule has 1 aliphatic rings. The normalized spacial score (nSPS) is 17.9. The van der Waals surface area contributed by atoms with Crippen LogP contribution in [0, 0.1) is 12.8 Å². The second-order valence-electron chi connectivity index (χ2n) is 6.13. The first kappa shape index (κ1) is 14.1. The summed E-state index contributed by atoms with van der Waals surface area (Å²) in [7, 11) is 0. The van der Waals surface area contributed by atoms with E-state index in [1.54, 1.807) is 0 Å². The summed E-state index contributed by atoms with van der Waals surface area (Å²) in [5.41, 5.74) is 3.39. The maximum atomic E-state index is 11.7.